The zero-order chi connectivity index (χ0) is 8.36. The van der Waals surface area contributed by atoms with Crippen LogP contribution in [-0.2, 0) is 9.59 Å². The van der Waals surface area contributed by atoms with E-state index in [2.05, 4.69) is 0 Å². The van der Waals surface area contributed by atoms with Gasteiger partial charge in [0.1, 0.15) is 0 Å². The van der Waals surface area contributed by atoms with E-state index in [0.29, 0.717) is 6.42 Å². The number of hydrogen-bond donors (Lipinski definition) is 1. The molecule has 10 heavy (non-hydrogen) atoms. The molecule has 0 bridgehead atoms. The first kappa shape index (κ1) is 9.65. The van der Waals surface area contributed by atoms with E-state index in [9.17, 15) is 9.59 Å². The fraction of sp³-hybridized carbons (Fsp3) is 0.833. The molecule has 0 rings (SSSR count). The Labute approximate surface area is 61.8 Å². The highest BCUT2D eigenvalue weighted by Gasteiger charge is 2.36. The molecule has 3 nitrogen and oxygen atoms in total. The van der Waals surface area contributed by atoms with Gasteiger partial charge < -0.3 is 5.11 Å². The molecular weight excluding hydrogens is 148 g/mol. The smallest absolute Gasteiger partial charge is 0.306 e. The third-order valence-electron chi connectivity index (χ3n) is 1.55. The Hall–Kier alpha value is -0.353. The fourth-order valence-electron chi connectivity index (χ4n) is 0.964. The van der Waals surface area contributed by atoms with E-state index in [-0.39, 0.29) is 0 Å². The molecule has 0 aromatic carbocycles. The van der Waals surface area contributed by atoms with Gasteiger partial charge in [-0.2, -0.15) is 0 Å². The Morgan fingerprint density at radius 1 is 1.60 bits per heavy atom. The summed E-state index contributed by atoms with van der Waals surface area (Å²) in [6, 6.07) is 0. The second-order valence-electron chi connectivity index (χ2n) is 2.90. The molecule has 0 heterocycles. The van der Waals surface area contributed by atoms with Gasteiger partial charge in [0.15, 0.2) is 0 Å². The topological polar surface area (TPSA) is 57.2 Å². The first-order valence-electron chi connectivity index (χ1n) is 3.32. The number of carboxylic acids is 1. The minimum absolute atomic E-state index is 0.456. The van der Waals surface area contributed by atoms with Gasteiger partial charge in [-0.05, 0) is 19.5 Å². The fourth-order valence-corrected chi connectivity index (χ4v) is 2.54. The van der Waals surface area contributed by atoms with Crippen LogP contribution in [0, 0.1) is 0 Å². The van der Waals surface area contributed by atoms with Crippen LogP contribution in [0.25, 0.3) is 0 Å². The van der Waals surface area contributed by atoms with E-state index >= 15 is 0 Å². The minimum atomic E-state index is -2.70. The van der Waals surface area contributed by atoms with Crippen molar-refractivity contribution in [3.05, 3.63) is 0 Å². The maximum Gasteiger partial charge on any atom is 0.306 e. The Morgan fingerprint density at radius 2 is 2.00 bits per heavy atom. The van der Waals surface area contributed by atoms with Crippen LogP contribution in [0.15, 0.2) is 0 Å². The van der Waals surface area contributed by atoms with Crippen LogP contribution in [-0.4, -0.2) is 19.4 Å². The van der Waals surface area contributed by atoms with Gasteiger partial charge in [-0.25, -0.2) is 0 Å². The van der Waals surface area contributed by atoms with Crippen LogP contribution < -0.4 is 0 Å². The van der Waals surface area contributed by atoms with Gasteiger partial charge in [0.25, 0.3) is 0 Å². The van der Waals surface area contributed by atoms with Crippen molar-refractivity contribution < 1.29 is 14.7 Å². The van der Waals surface area contributed by atoms with Gasteiger partial charge in [-0.3, -0.25) is 9.59 Å². The second-order valence-corrected chi connectivity index (χ2v) is 6.81. The number of hydrogen-bond acceptors (Lipinski definition) is 1. The van der Waals surface area contributed by atoms with Crippen LogP contribution >= 0.6 is 0 Å². The van der Waals surface area contributed by atoms with Crippen molar-refractivity contribution in [1.29, 1.82) is 0 Å². The van der Waals surface area contributed by atoms with E-state index in [1.807, 2.05) is 0 Å². The Kier molecular flexibility index (Phi) is 3.05. The molecule has 0 amide bonds. The van der Waals surface area contributed by atoms with Crippen LogP contribution in [0.5, 0.6) is 0 Å². The molecule has 1 unspecified atom stereocenters. The number of aliphatic carboxylic acids is 1. The van der Waals surface area contributed by atoms with Crippen LogP contribution in [0.1, 0.15) is 13.3 Å². The number of carboxylic acid groups (broad SMARTS) is 1. The van der Waals surface area contributed by atoms with Gasteiger partial charge in [-0.15, -0.1) is 0 Å². The molecule has 1 N–H and O–H groups in total. The minimum Gasteiger partial charge on any atom is -0.481 e. The predicted octanol–water partition coefficient (Wildman–Crippen LogP) is 1.49. The third-order valence-corrected chi connectivity index (χ3v) is 3.88. The van der Waals surface area contributed by atoms with Gasteiger partial charge in [-0.1, -0.05) is 6.92 Å². The van der Waals surface area contributed by atoms with Crippen molar-refractivity contribution in [3.8, 4) is 0 Å². The second kappa shape index (κ2) is 3.16. The summed E-state index contributed by atoms with van der Waals surface area (Å²) in [5.41, 5.74) is -0.632. The maximum absolute atomic E-state index is 11.2. The summed E-state index contributed by atoms with van der Waals surface area (Å²) in [5, 5.41) is 8.54. The highest BCUT2D eigenvalue weighted by atomic mass is 28.4. The predicted molar refractivity (Wildman–Crippen MR) is 39.8 cm³/mol. The first-order chi connectivity index (χ1) is 4.39. The molecule has 0 saturated carbocycles. The summed E-state index contributed by atoms with van der Waals surface area (Å²) < 4.78 is 0. The first-order valence-corrected chi connectivity index (χ1v) is 6.31. The molecule has 1 radical (unpaired) electrons. The SMILES string of the molecule is CCC(C(=O)O)[Si](C)(C)[O]. The zero-order valence-electron chi connectivity index (χ0n) is 6.55. The van der Waals surface area contributed by atoms with E-state index in [1.54, 1.807) is 6.92 Å². The van der Waals surface area contributed by atoms with Crippen molar-refractivity contribution in [3.63, 3.8) is 0 Å². The normalized spacial score (nSPS) is 14.8. The lowest BCUT2D eigenvalue weighted by Crippen LogP contribution is -2.35. The summed E-state index contributed by atoms with van der Waals surface area (Å²) in [6.07, 6.45) is 0.456. The average molecular weight is 161 g/mol. The van der Waals surface area contributed by atoms with Gasteiger partial charge in [0, 0.05) is 0 Å². The summed E-state index contributed by atoms with van der Waals surface area (Å²) in [4.78, 5) is 21.6. The van der Waals surface area contributed by atoms with E-state index in [0.717, 1.165) is 0 Å². The van der Waals surface area contributed by atoms with Crippen molar-refractivity contribution in [1.82, 2.24) is 0 Å². The van der Waals surface area contributed by atoms with Gasteiger partial charge in [0.05, 0.1) is 5.54 Å². The van der Waals surface area contributed by atoms with Crippen molar-refractivity contribution in [2.75, 3.05) is 0 Å². The number of rotatable bonds is 3. The molecule has 0 aromatic rings. The van der Waals surface area contributed by atoms with Crippen molar-refractivity contribution in [2.24, 2.45) is 0 Å². The van der Waals surface area contributed by atoms with Gasteiger partial charge >= 0.3 is 5.97 Å². The lowest BCUT2D eigenvalue weighted by Gasteiger charge is -2.18. The molecule has 0 fully saturated rings. The molecule has 4 heteroatoms. The van der Waals surface area contributed by atoms with Crippen LogP contribution in [0.3, 0.4) is 0 Å². The van der Waals surface area contributed by atoms with E-state index < -0.39 is 19.8 Å². The molecular formula is C6H13O3Si. The highest BCUT2D eigenvalue weighted by molar-refractivity contribution is 6.74. The molecule has 0 aliphatic rings. The Morgan fingerprint density at radius 3 is 2.00 bits per heavy atom. The van der Waals surface area contributed by atoms with E-state index in [4.69, 9.17) is 5.11 Å². The lowest BCUT2D eigenvalue weighted by atomic mass is 10.3. The molecule has 0 spiro atoms. The summed E-state index contributed by atoms with van der Waals surface area (Å²) in [7, 11) is -2.70. The quantitative estimate of drug-likeness (QED) is 0.637. The van der Waals surface area contributed by atoms with Crippen molar-refractivity contribution >= 4 is 14.3 Å². The number of carbonyl (C=O) groups is 1. The molecule has 1 atom stereocenters. The van der Waals surface area contributed by atoms with Gasteiger partial charge in [0.2, 0.25) is 8.32 Å². The third kappa shape index (κ3) is 2.49. The summed E-state index contributed by atoms with van der Waals surface area (Å²) >= 11 is 0. The molecule has 0 aliphatic heterocycles. The summed E-state index contributed by atoms with van der Waals surface area (Å²) in [5.74, 6) is -0.936. The highest BCUT2D eigenvalue weighted by Crippen LogP contribution is 2.23. The molecule has 0 saturated heterocycles. The zero-order valence-corrected chi connectivity index (χ0v) is 7.55. The standard InChI is InChI=1S/C6H13O3Si/c1-4-5(6(7)8)10(2,3)9/h5H,4H2,1-3H3,(H,7,8). The Balaban J connectivity index is 4.22. The van der Waals surface area contributed by atoms with Crippen LogP contribution in [0.4, 0.5) is 0 Å². The summed E-state index contributed by atoms with van der Waals surface area (Å²) in [6.45, 7) is 4.82. The molecule has 59 valence electrons. The lowest BCUT2D eigenvalue weighted by molar-refractivity contribution is -0.137. The Bertz CT molecular complexity index is 127. The largest absolute Gasteiger partial charge is 0.481 e. The van der Waals surface area contributed by atoms with E-state index in [1.165, 1.54) is 13.1 Å². The monoisotopic (exact) mass is 161 g/mol. The van der Waals surface area contributed by atoms with Crippen LogP contribution in [0.2, 0.25) is 18.6 Å². The molecule has 0 aromatic heterocycles. The average Bonchev–Trinajstić information content (AvgIpc) is 1.60. The molecule has 0 aliphatic carbocycles. The maximum atomic E-state index is 11.2. The van der Waals surface area contributed by atoms with Crippen molar-refractivity contribution in [2.45, 2.75) is 32.0 Å².